The molecule has 3 nitrogen and oxygen atoms in total. The van der Waals surface area contributed by atoms with Gasteiger partial charge in [0.2, 0.25) is 0 Å². The highest BCUT2D eigenvalue weighted by Gasteiger charge is 2.23. The van der Waals surface area contributed by atoms with Crippen molar-refractivity contribution in [1.82, 2.24) is 4.48 Å². The lowest BCUT2D eigenvalue weighted by molar-refractivity contribution is 0.316. The Labute approximate surface area is 97.8 Å². The van der Waals surface area contributed by atoms with Gasteiger partial charge in [0, 0.05) is 0 Å². The molecular formula is C13H20N2O. The molecule has 16 heavy (non-hydrogen) atoms. The predicted octanol–water partition coefficient (Wildman–Crippen LogP) is 2.95. The molecule has 88 valence electrons. The van der Waals surface area contributed by atoms with Crippen LogP contribution in [0, 0.1) is 0 Å². The van der Waals surface area contributed by atoms with E-state index in [2.05, 4.69) is 51.1 Å². The van der Waals surface area contributed by atoms with E-state index >= 15 is 0 Å². The zero-order valence-corrected chi connectivity index (χ0v) is 10.3. The van der Waals surface area contributed by atoms with Crippen LogP contribution in [0.25, 0.3) is 5.41 Å². The summed E-state index contributed by atoms with van der Waals surface area (Å²) in [6.45, 7) is 10.3. The molecule has 0 N–H and O–H groups in total. The van der Waals surface area contributed by atoms with Gasteiger partial charge < -0.3 is 5.41 Å². The zero-order valence-electron chi connectivity index (χ0n) is 10.3. The van der Waals surface area contributed by atoms with Crippen LogP contribution in [0.1, 0.15) is 20.8 Å². The van der Waals surface area contributed by atoms with E-state index in [1.807, 2.05) is 0 Å². The number of hydrogen-bond donors (Lipinski definition) is 0. The summed E-state index contributed by atoms with van der Waals surface area (Å²) in [6, 6.07) is 10.8. The fourth-order valence-electron chi connectivity index (χ4n) is 1.96. The lowest BCUT2D eigenvalue weighted by atomic mass is 10.2. The number of para-hydroxylation sites is 1. The summed E-state index contributed by atoms with van der Waals surface area (Å²) < 4.78 is 1.10. The van der Waals surface area contributed by atoms with E-state index in [4.69, 9.17) is 10.2 Å². The predicted molar refractivity (Wildman–Crippen MR) is 68.9 cm³/mol. The maximum atomic E-state index is 8.24. The van der Waals surface area contributed by atoms with Crippen molar-refractivity contribution >= 4 is 11.8 Å². The van der Waals surface area contributed by atoms with E-state index in [1.54, 1.807) is 0 Å². The normalized spacial score (nSPS) is 9.94. The van der Waals surface area contributed by atoms with Crippen molar-refractivity contribution in [1.29, 1.82) is 0 Å². The monoisotopic (exact) mass is 220 g/mol. The summed E-state index contributed by atoms with van der Waals surface area (Å²) in [4.78, 5) is 8.24. The van der Waals surface area contributed by atoms with Crippen LogP contribution in [0.15, 0.2) is 30.3 Å². The highest BCUT2D eigenvalue weighted by atomic mass is 16.1. The van der Waals surface area contributed by atoms with Crippen LogP contribution < -0.4 is 4.48 Å². The van der Waals surface area contributed by atoms with Crippen molar-refractivity contribution in [3.8, 4) is 0 Å². The molecule has 0 radical (unpaired) electrons. The molecule has 3 heteroatoms. The first-order valence-corrected chi connectivity index (χ1v) is 5.63. The first kappa shape index (κ1) is 14.6. The summed E-state index contributed by atoms with van der Waals surface area (Å²) >= 11 is 0. The fraction of sp³-hybridized carbons (Fsp3) is 0.462. The van der Waals surface area contributed by atoms with E-state index in [1.165, 1.54) is 25.3 Å². The average Bonchev–Trinajstić information content (AvgIpc) is 2.34. The molecule has 0 atom stereocenters. The Morgan fingerprint density at radius 3 is 1.75 bits per heavy atom. The number of rotatable bonds is 4. The minimum absolute atomic E-state index is 0.500. The molecule has 0 saturated carbocycles. The number of carbonyl (C=O) groups excluding carboxylic acids is 1. The summed E-state index contributed by atoms with van der Waals surface area (Å²) in [5.74, 6) is 0. The lowest BCUT2D eigenvalue weighted by Gasteiger charge is -2.35. The van der Waals surface area contributed by atoms with Crippen LogP contribution >= 0.6 is 0 Å². The topological polar surface area (TPSA) is 39.4 Å². The number of isocyanates is 1. The van der Waals surface area contributed by atoms with Crippen LogP contribution in [0.3, 0.4) is 0 Å². The van der Waals surface area contributed by atoms with Crippen molar-refractivity contribution in [3.63, 3.8) is 0 Å². The molecule has 0 aromatic heterocycles. The quantitative estimate of drug-likeness (QED) is 0.437. The van der Waals surface area contributed by atoms with Gasteiger partial charge in [0.05, 0.1) is 19.6 Å². The molecule has 0 unspecified atom stereocenters. The molecule has 0 saturated heterocycles. The van der Waals surface area contributed by atoms with Gasteiger partial charge in [-0.2, -0.15) is 0 Å². The van der Waals surface area contributed by atoms with Gasteiger partial charge >= 0.3 is 0 Å². The number of hydrogen-bond acceptors (Lipinski definition) is 1. The number of quaternary nitrogens is 1. The second-order valence-electron chi connectivity index (χ2n) is 3.52. The first-order chi connectivity index (χ1) is 7.70. The maximum Gasteiger partial charge on any atom is 0.132 e. The van der Waals surface area contributed by atoms with Gasteiger partial charge in [-0.25, -0.2) is 0 Å². The second kappa shape index (κ2) is 7.80. The second-order valence-corrected chi connectivity index (χ2v) is 3.52. The first-order valence-electron chi connectivity index (χ1n) is 5.63. The summed E-state index contributed by atoms with van der Waals surface area (Å²) in [5.41, 5.74) is 1.44. The van der Waals surface area contributed by atoms with Gasteiger partial charge in [0.1, 0.15) is 5.69 Å². The highest BCUT2D eigenvalue weighted by molar-refractivity contribution is 5.42. The molecule has 0 aliphatic heterocycles. The van der Waals surface area contributed by atoms with Crippen LogP contribution in [0.2, 0.25) is 0 Å². The van der Waals surface area contributed by atoms with Crippen LogP contribution in [-0.2, 0) is 4.79 Å². The van der Waals surface area contributed by atoms with Gasteiger partial charge in [-0.3, -0.25) is 9.28 Å². The van der Waals surface area contributed by atoms with Gasteiger partial charge in [-0.05, 0) is 39.0 Å². The molecule has 1 aromatic rings. The third-order valence-electron chi connectivity index (χ3n) is 3.12. The summed E-state index contributed by atoms with van der Waals surface area (Å²) in [5, 5.41) is 6.76. The van der Waals surface area contributed by atoms with Gasteiger partial charge in [0.15, 0.2) is 0 Å². The molecule has 0 amide bonds. The van der Waals surface area contributed by atoms with E-state index in [9.17, 15) is 0 Å². The van der Waals surface area contributed by atoms with Crippen LogP contribution in [0.5, 0.6) is 0 Å². The third-order valence-corrected chi connectivity index (χ3v) is 3.12. The lowest BCUT2D eigenvalue weighted by Crippen LogP contribution is -2.48. The van der Waals surface area contributed by atoms with E-state index < -0.39 is 0 Å². The summed E-state index contributed by atoms with van der Waals surface area (Å²) in [6.07, 6.45) is 0.500. The standard InChI is InChI=1S/C12H20N.CNO/c1-4-13(5-2,6-3)12-10-8-7-9-11-12;2-1-3/h7-11H,4-6H2,1-3H3;/q+1;-1. The van der Waals surface area contributed by atoms with Crippen molar-refractivity contribution in [2.45, 2.75) is 20.8 Å². The van der Waals surface area contributed by atoms with Gasteiger partial charge in [0.25, 0.3) is 0 Å². The van der Waals surface area contributed by atoms with Gasteiger partial charge in [-0.1, -0.05) is 18.2 Å². The number of benzene rings is 1. The Kier molecular flexibility index (Phi) is 7.10. The zero-order chi connectivity index (χ0) is 12.4. The van der Waals surface area contributed by atoms with Crippen molar-refractivity contribution in [2.75, 3.05) is 19.6 Å². The van der Waals surface area contributed by atoms with Gasteiger partial charge in [-0.15, -0.1) is 0 Å². The molecule has 0 bridgehead atoms. The molecule has 0 fully saturated rings. The SMILES string of the molecule is CC[N+](CC)(CC)c1ccccc1.[N-]=C=O. The molecule has 1 rings (SSSR count). The Morgan fingerprint density at radius 2 is 1.44 bits per heavy atom. The Morgan fingerprint density at radius 1 is 1.06 bits per heavy atom. The average molecular weight is 220 g/mol. The van der Waals surface area contributed by atoms with E-state index in [0.717, 1.165) is 4.48 Å². The smallest absolute Gasteiger partial charge is 0.132 e. The minimum Gasteiger partial charge on any atom is -0.724 e. The molecule has 0 spiro atoms. The van der Waals surface area contributed by atoms with Crippen LogP contribution in [-0.4, -0.2) is 25.7 Å². The van der Waals surface area contributed by atoms with E-state index in [0.29, 0.717) is 6.08 Å². The van der Waals surface area contributed by atoms with Crippen LogP contribution in [0.4, 0.5) is 5.69 Å². The van der Waals surface area contributed by atoms with E-state index in [-0.39, 0.29) is 0 Å². The molecule has 0 aliphatic carbocycles. The minimum atomic E-state index is 0.500. The maximum absolute atomic E-state index is 8.24. The molecule has 0 aliphatic rings. The Hall–Kier alpha value is -1.44. The van der Waals surface area contributed by atoms with Crippen molar-refractivity contribution < 1.29 is 4.79 Å². The molecule has 0 heterocycles. The summed E-state index contributed by atoms with van der Waals surface area (Å²) in [7, 11) is 0. The Bertz CT molecular complexity index is 304. The van der Waals surface area contributed by atoms with Crippen molar-refractivity contribution in [2.24, 2.45) is 0 Å². The number of nitrogens with zero attached hydrogens (tertiary/aromatic N) is 2. The Balaban J connectivity index is 0.000000673. The third kappa shape index (κ3) is 3.61. The molecule has 1 aromatic carbocycles. The van der Waals surface area contributed by atoms with Crippen molar-refractivity contribution in [3.05, 3.63) is 35.7 Å². The fourth-order valence-corrected chi connectivity index (χ4v) is 1.96. The highest BCUT2D eigenvalue weighted by Crippen LogP contribution is 2.21. The largest absolute Gasteiger partial charge is 0.724 e. The molecular weight excluding hydrogens is 200 g/mol.